The largest absolute Gasteiger partial charge is 0.361 e. The van der Waals surface area contributed by atoms with Gasteiger partial charge in [0.15, 0.2) is 0 Å². The minimum atomic E-state index is -1.02. The first kappa shape index (κ1) is 19.5. The van der Waals surface area contributed by atoms with E-state index in [-0.39, 0.29) is 0 Å². The summed E-state index contributed by atoms with van der Waals surface area (Å²) in [4.78, 5) is 3.22. The number of para-hydroxylation sites is 1. The number of aromatic nitrogens is 1. The van der Waals surface area contributed by atoms with E-state index in [4.69, 9.17) is 0 Å². The smallest absolute Gasteiger partial charge is 0.130 e. The average molecular weight is 413 g/mol. The number of fused-ring (bicyclic) bond motifs is 1. The number of hydrogen-bond acceptors (Lipinski definition) is 1. The third-order valence-electron chi connectivity index (χ3n) is 4.98. The van der Waals surface area contributed by atoms with Gasteiger partial charge in [-0.05, 0) is 40.5 Å². The van der Waals surface area contributed by atoms with Gasteiger partial charge in [-0.2, -0.15) is 0 Å². The van der Waals surface area contributed by atoms with Crippen LogP contribution in [-0.2, 0) is 16.6 Å². The SMILES string of the molecule is CS(=O)Cc1cccc2c(C(c3ccc(F)cc3)c3ccc(F)cc3F)c[nH]c12. The standard InChI is InChI=1S/C23H18F3NOS/c1-29(28)13-15-3-2-4-18-20(12-27-23(15)18)22(14-5-7-16(24)8-6-14)19-10-9-17(25)11-21(19)26/h2-12,22,27H,13H2,1H3. The molecule has 148 valence electrons. The van der Waals surface area contributed by atoms with Crippen LogP contribution in [-0.4, -0.2) is 15.4 Å². The van der Waals surface area contributed by atoms with E-state index in [9.17, 15) is 17.4 Å². The minimum Gasteiger partial charge on any atom is -0.361 e. The zero-order valence-electron chi connectivity index (χ0n) is 15.6. The van der Waals surface area contributed by atoms with E-state index in [2.05, 4.69) is 4.98 Å². The molecule has 2 unspecified atom stereocenters. The molecule has 2 atom stereocenters. The Morgan fingerprint density at radius 2 is 1.66 bits per heavy atom. The monoisotopic (exact) mass is 413 g/mol. The molecule has 1 aromatic heterocycles. The Labute approximate surface area is 168 Å². The Hall–Kier alpha value is -2.86. The molecule has 0 aliphatic rings. The van der Waals surface area contributed by atoms with Gasteiger partial charge in [0.25, 0.3) is 0 Å². The first-order valence-electron chi connectivity index (χ1n) is 9.03. The van der Waals surface area contributed by atoms with E-state index in [1.807, 2.05) is 18.2 Å². The highest BCUT2D eigenvalue weighted by molar-refractivity contribution is 7.83. The molecule has 3 aromatic carbocycles. The van der Waals surface area contributed by atoms with Crippen molar-refractivity contribution in [2.75, 3.05) is 6.26 Å². The number of nitrogens with one attached hydrogen (secondary N) is 1. The zero-order chi connectivity index (χ0) is 20.5. The highest BCUT2D eigenvalue weighted by Gasteiger charge is 2.24. The zero-order valence-corrected chi connectivity index (χ0v) is 16.4. The van der Waals surface area contributed by atoms with E-state index in [0.717, 1.165) is 28.1 Å². The first-order valence-corrected chi connectivity index (χ1v) is 10.8. The number of hydrogen-bond donors (Lipinski definition) is 1. The summed E-state index contributed by atoms with van der Waals surface area (Å²) >= 11 is 0. The normalized spacial score (nSPS) is 13.5. The van der Waals surface area contributed by atoms with Crippen molar-refractivity contribution in [3.63, 3.8) is 0 Å². The van der Waals surface area contributed by atoms with Crippen LogP contribution in [0.5, 0.6) is 0 Å². The van der Waals surface area contributed by atoms with Gasteiger partial charge in [0.2, 0.25) is 0 Å². The Balaban J connectivity index is 1.94. The maximum absolute atomic E-state index is 14.7. The van der Waals surface area contributed by atoms with Crippen LogP contribution in [0.4, 0.5) is 13.2 Å². The molecule has 0 radical (unpaired) electrons. The lowest BCUT2D eigenvalue weighted by molar-refractivity contribution is 0.570. The van der Waals surface area contributed by atoms with Crippen LogP contribution < -0.4 is 0 Å². The van der Waals surface area contributed by atoms with Gasteiger partial charge in [-0.15, -0.1) is 0 Å². The van der Waals surface area contributed by atoms with Gasteiger partial charge in [0, 0.05) is 46.1 Å². The van der Waals surface area contributed by atoms with Gasteiger partial charge in [0.1, 0.15) is 17.5 Å². The van der Waals surface area contributed by atoms with E-state index in [1.165, 1.54) is 24.3 Å². The lowest BCUT2D eigenvalue weighted by Crippen LogP contribution is -2.06. The molecule has 29 heavy (non-hydrogen) atoms. The summed E-state index contributed by atoms with van der Waals surface area (Å²) in [5.41, 5.74) is 3.48. The third-order valence-corrected chi connectivity index (χ3v) is 5.70. The second-order valence-corrected chi connectivity index (χ2v) is 8.39. The maximum Gasteiger partial charge on any atom is 0.130 e. The van der Waals surface area contributed by atoms with Crippen molar-refractivity contribution in [3.05, 3.63) is 107 Å². The van der Waals surface area contributed by atoms with Crippen molar-refractivity contribution in [2.45, 2.75) is 11.7 Å². The molecule has 0 spiro atoms. The fourth-order valence-electron chi connectivity index (χ4n) is 3.73. The van der Waals surface area contributed by atoms with Crippen LogP contribution in [0.3, 0.4) is 0 Å². The number of rotatable bonds is 5. The highest BCUT2D eigenvalue weighted by atomic mass is 32.2. The van der Waals surface area contributed by atoms with Crippen LogP contribution in [0.25, 0.3) is 10.9 Å². The predicted molar refractivity (Wildman–Crippen MR) is 110 cm³/mol. The lowest BCUT2D eigenvalue weighted by Gasteiger charge is -2.19. The molecule has 0 fully saturated rings. The molecular weight excluding hydrogens is 395 g/mol. The maximum atomic E-state index is 14.7. The van der Waals surface area contributed by atoms with E-state index in [1.54, 1.807) is 24.6 Å². The highest BCUT2D eigenvalue weighted by Crippen LogP contribution is 2.38. The molecule has 0 amide bonds. The van der Waals surface area contributed by atoms with Crippen molar-refractivity contribution in [3.8, 4) is 0 Å². The van der Waals surface area contributed by atoms with Crippen molar-refractivity contribution in [1.82, 2.24) is 4.98 Å². The number of aromatic amines is 1. The summed E-state index contributed by atoms with van der Waals surface area (Å²) in [5, 5.41) is 0.853. The van der Waals surface area contributed by atoms with Crippen molar-refractivity contribution in [1.29, 1.82) is 0 Å². The topological polar surface area (TPSA) is 32.9 Å². The molecule has 0 bridgehead atoms. The van der Waals surface area contributed by atoms with Crippen LogP contribution in [0.2, 0.25) is 0 Å². The molecule has 0 aliphatic carbocycles. The summed E-state index contributed by atoms with van der Waals surface area (Å²) in [6, 6.07) is 15.0. The van der Waals surface area contributed by atoms with Gasteiger partial charge in [-0.1, -0.05) is 36.4 Å². The third kappa shape index (κ3) is 3.85. The number of benzene rings is 3. The molecule has 1 N–H and O–H groups in total. The molecule has 4 aromatic rings. The van der Waals surface area contributed by atoms with Crippen LogP contribution in [0.15, 0.2) is 66.9 Å². The summed E-state index contributed by atoms with van der Waals surface area (Å²) in [6.07, 6.45) is 3.42. The Bertz CT molecular complexity index is 1200. The van der Waals surface area contributed by atoms with Gasteiger partial charge in [-0.3, -0.25) is 4.21 Å². The van der Waals surface area contributed by atoms with Gasteiger partial charge >= 0.3 is 0 Å². The van der Waals surface area contributed by atoms with Gasteiger partial charge in [-0.25, -0.2) is 13.2 Å². The second-order valence-electron chi connectivity index (χ2n) is 6.95. The molecule has 1 heterocycles. The second kappa shape index (κ2) is 7.87. The van der Waals surface area contributed by atoms with Crippen LogP contribution in [0.1, 0.15) is 28.2 Å². The van der Waals surface area contributed by atoms with Crippen LogP contribution in [0, 0.1) is 17.5 Å². The number of halogens is 3. The first-order chi connectivity index (χ1) is 13.9. The Kier molecular flexibility index (Phi) is 5.28. The van der Waals surface area contributed by atoms with E-state index in [0.29, 0.717) is 16.9 Å². The molecule has 2 nitrogen and oxygen atoms in total. The van der Waals surface area contributed by atoms with Crippen molar-refractivity contribution >= 4 is 21.7 Å². The molecule has 0 aliphatic heterocycles. The van der Waals surface area contributed by atoms with Crippen molar-refractivity contribution in [2.24, 2.45) is 0 Å². The molecular formula is C23H18F3NOS. The van der Waals surface area contributed by atoms with E-state index < -0.39 is 34.2 Å². The van der Waals surface area contributed by atoms with Gasteiger partial charge < -0.3 is 4.98 Å². The number of H-pyrrole nitrogens is 1. The minimum absolute atomic E-state index is 0.295. The lowest BCUT2D eigenvalue weighted by atomic mass is 9.84. The predicted octanol–water partition coefficient (Wildman–Crippen LogP) is 5.64. The van der Waals surface area contributed by atoms with E-state index >= 15 is 0 Å². The Morgan fingerprint density at radius 3 is 2.34 bits per heavy atom. The summed E-state index contributed by atoms with van der Waals surface area (Å²) in [7, 11) is -1.02. The molecule has 4 rings (SSSR count). The summed E-state index contributed by atoms with van der Waals surface area (Å²) in [5.74, 6) is -1.88. The fraction of sp³-hybridized carbons (Fsp3) is 0.130. The average Bonchev–Trinajstić information content (AvgIpc) is 3.10. The van der Waals surface area contributed by atoms with Gasteiger partial charge in [0.05, 0.1) is 5.75 Å². The molecule has 0 saturated carbocycles. The fourth-order valence-corrected chi connectivity index (χ4v) is 4.41. The molecule has 6 heteroatoms. The van der Waals surface area contributed by atoms with Crippen molar-refractivity contribution < 1.29 is 17.4 Å². The summed E-state index contributed by atoms with van der Waals surface area (Å²) in [6.45, 7) is 0. The summed E-state index contributed by atoms with van der Waals surface area (Å²) < 4.78 is 53.5. The quantitative estimate of drug-likeness (QED) is 0.451. The Morgan fingerprint density at radius 1 is 0.931 bits per heavy atom. The van der Waals surface area contributed by atoms with Crippen LogP contribution >= 0.6 is 0 Å². The molecule has 0 saturated heterocycles.